The molecular formula is C22H18N6OS2. The van der Waals surface area contributed by atoms with E-state index in [9.17, 15) is 4.79 Å². The van der Waals surface area contributed by atoms with Crippen LogP contribution >= 0.6 is 23.1 Å². The summed E-state index contributed by atoms with van der Waals surface area (Å²) in [5.74, 6) is 0.141. The Morgan fingerprint density at radius 3 is 2.71 bits per heavy atom. The van der Waals surface area contributed by atoms with Crippen molar-refractivity contribution >= 4 is 39.7 Å². The summed E-state index contributed by atoms with van der Waals surface area (Å²) in [7, 11) is 0. The topological polar surface area (TPSA) is 77.1 Å². The molecule has 3 aromatic heterocycles. The molecule has 0 unspecified atom stereocenters. The van der Waals surface area contributed by atoms with Crippen LogP contribution in [0.5, 0.6) is 0 Å². The van der Waals surface area contributed by atoms with Gasteiger partial charge in [-0.25, -0.2) is 4.98 Å². The third-order valence-electron chi connectivity index (χ3n) is 4.72. The summed E-state index contributed by atoms with van der Waals surface area (Å²) in [6.07, 6.45) is 5.65. The molecule has 5 rings (SSSR count). The molecule has 0 aliphatic carbocycles. The molecule has 3 heterocycles. The number of hydrogen-bond acceptors (Lipinski definition) is 6. The highest BCUT2D eigenvalue weighted by atomic mass is 32.2. The van der Waals surface area contributed by atoms with E-state index in [1.54, 1.807) is 17.7 Å². The SMILES string of the molecule is Cc1ccc(-n2cnnc2SCC(=O)Nc2ccc(-c3cn4ccsc4n3)cc2)cc1. The zero-order valence-corrected chi connectivity index (χ0v) is 18.2. The van der Waals surface area contributed by atoms with Gasteiger partial charge in [0.2, 0.25) is 5.91 Å². The lowest BCUT2D eigenvalue weighted by molar-refractivity contribution is -0.113. The summed E-state index contributed by atoms with van der Waals surface area (Å²) in [6, 6.07) is 15.8. The number of thioether (sulfide) groups is 1. The van der Waals surface area contributed by atoms with Gasteiger partial charge in [-0.2, -0.15) is 0 Å². The van der Waals surface area contributed by atoms with Gasteiger partial charge in [-0.05, 0) is 31.2 Å². The smallest absolute Gasteiger partial charge is 0.234 e. The lowest BCUT2D eigenvalue weighted by atomic mass is 10.1. The number of fused-ring (bicyclic) bond motifs is 1. The third kappa shape index (κ3) is 4.23. The zero-order chi connectivity index (χ0) is 21.2. The average molecular weight is 447 g/mol. The second kappa shape index (κ2) is 8.37. The van der Waals surface area contributed by atoms with Crippen LogP contribution in [0.4, 0.5) is 5.69 Å². The Balaban J connectivity index is 1.21. The number of nitrogens with one attached hydrogen (secondary N) is 1. The van der Waals surface area contributed by atoms with Gasteiger partial charge in [-0.3, -0.25) is 13.8 Å². The number of amides is 1. The van der Waals surface area contributed by atoms with E-state index in [0.717, 1.165) is 27.6 Å². The molecular weight excluding hydrogens is 428 g/mol. The molecule has 7 nitrogen and oxygen atoms in total. The van der Waals surface area contributed by atoms with Crippen molar-refractivity contribution in [2.45, 2.75) is 12.1 Å². The molecule has 0 aliphatic rings. The maximum Gasteiger partial charge on any atom is 0.234 e. The Morgan fingerprint density at radius 2 is 1.94 bits per heavy atom. The number of carbonyl (C=O) groups is 1. The van der Waals surface area contributed by atoms with Gasteiger partial charge in [0.15, 0.2) is 10.1 Å². The first kappa shape index (κ1) is 19.5. The number of anilines is 1. The van der Waals surface area contributed by atoms with E-state index < -0.39 is 0 Å². The molecule has 0 aliphatic heterocycles. The number of aromatic nitrogens is 5. The fraction of sp³-hybridized carbons (Fsp3) is 0.0909. The Morgan fingerprint density at radius 1 is 1.13 bits per heavy atom. The predicted octanol–water partition coefficient (Wildman–Crippen LogP) is 4.68. The van der Waals surface area contributed by atoms with Gasteiger partial charge in [-0.1, -0.05) is 41.6 Å². The molecule has 0 spiro atoms. The number of nitrogens with zero attached hydrogens (tertiary/aromatic N) is 5. The molecule has 0 saturated heterocycles. The van der Waals surface area contributed by atoms with Crippen LogP contribution < -0.4 is 5.32 Å². The summed E-state index contributed by atoms with van der Waals surface area (Å²) in [6.45, 7) is 2.04. The van der Waals surface area contributed by atoms with Crippen LogP contribution in [-0.4, -0.2) is 35.8 Å². The van der Waals surface area contributed by atoms with Crippen LogP contribution in [-0.2, 0) is 4.79 Å². The van der Waals surface area contributed by atoms with E-state index in [4.69, 9.17) is 0 Å². The molecule has 1 N–H and O–H groups in total. The molecule has 9 heteroatoms. The van der Waals surface area contributed by atoms with Crippen LogP contribution in [0.2, 0.25) is 0 Å². The van der Waals surface area contributed by atoms with Crippen molar-refractivity contribution in [3.8, 4) is 16.9 Å². The second-order valence-electron chi connectivity index (χ2n) is 6.95. The lowest BCUT2D eigenvalue weighted by Crippen LogP contribution is -2.14. The molecule has 31 heavy (non-hydrogen) atoms. The minimum atomic E-state index is -0.0984. The first-order valence-corrected chi connectivity index (χ1v) is 11.4. The number of carbonyl (C=O) groups excluding carboxylic acids is 1. The van der Waals surface area contributed by atoms with Crippen molar-refractivity contribution in [1.29, 1.82) is 0 Å². The molecule has 0 fully saturated rings. The largest absolute Gasteiger partial charge is 0.325 e. The Hall–Kier alpha value is -3.43. The zero-order valence-electron chi connectivity index (χ0n) is 16.6. The fourth-order valence-corrected chi connectivity index (χ4v) is 4.55. The normalized spacial score (nSPS) is 11.1. The van der Waals surface area contributed by atoms with Crippen molar-refractivity contribution in [3.63, 3.8) is 0 Å². The van der Waals surface area contributed by atoms with E-state index in [0.29, 0.717) is 5.16 Å². The summed E-state index contributed by atoms with van der Waals surface area (Å²) in [5.41, 5.74) is 4.82. The predicted molar refractivity (Wildman–Crippen MR) is 124 cm³/mol. The maximum atomic E-state index is 12.4. The molecule has 1 amide bonds. The third-order valence-corrected chi connectivity index (χ3v) is 6.43. The van der Waals surface area contributed by atoms with Gasteiger partial charge in [0.05, 0.1) is 11.4 Å². The van der Waals surface area contributed by atoms with Crippen molar-refractivity contribution in [3.05, 3.63) is 78.2 Å². The van der Waals surface area contributed by atoms with Gasteiger partial charge in [-0.15, -0.1) is 21.5 Å². The number of thiazole rings is 1. The first-order valence-electron chi connectivity index (χ1n) is 9.58. The maximum absolute atomic E-state index is 12.4. The average Bonchev–Trinajstić information content (AvgIpc) is 3.50. The molecule has 0 saturated carbocycles. The number of aryl methyl sites for hydroxylation is 1. The Bertz CT molecular complexity index is 1310. The minimum absolute atomic E-state index is 0.0984. The van der Waals surface area contributed by atoms with E-state index in [1.165, 1.54) is 17.3 Å². The molecule has 5 aromatic rings. The second-order valence-corrected chi connectivity index (χ2v) is 8.77. The van der Waals surface area contributed by atoms with Gasteiger partial charge >= 0.3 is 0 Å². The van der Waals surface area contributed by atoms with Gasteiger partial charge < -0.3 is 5.32 Å². The highest BCUT2D eigenvalue weighted by Gasteiger charge is 2.11. The van der Waals surface area contributed by atoms with E-state index in [2.05, 4.69) is 20.5 Å². The monoisotopic (exact) mass is 446 g/mol. The van der Waals surface area contributed by atoms with Gasteiger partial charge in [0.25, 0.3) is 0 Å². The number of rotatable bonds is 6. The van der Waals surface area contributed by atoms with Crippen LogP contribution in [0, 0.1) is 6.92 Å². The first-order chi connectivity index (χ1) is 15.2. The van der Waals surface area contributed by atoms with E-state index in [-0.39, 0.29) is 11.7 Å². The minimum Gasteiger partial charge on any atom is -0.325 e. The Labute approximate surface area is 186 Å². The summed E-state index contributed by atoms with van der Waals surface area (Å²) in [4.78, 5) is 18.0. The fourth-order valence-electron chi connectivity index (χ4n) is 3.12. The van der Waals surface area contributed by atoms with Gasteiger partial charge in [0.1, 0.15) is 6.33 Å². The van der Waals surface area contributed by atoms with E-state index >= 15 is 0 Å². The van der Waals surface area contributed by atoms with Crippen LogP contribution in [0.3, 0.4) is 0 Å². The van der Waals surface area contributed by atoms with Crippen molar-refractivity contribution in [2.75, 3.05) is 11.1 Å². The summed E-state index contributed by atoms with van der Waals surface area (Å²) >= 11 is 2.95. The highest BCUT2D eigenvalue weighted by molar-refractivity contribution is 7.99. The quantitative estimate of drug-likeness (QED) is 0.383. The molecule has 0 atom stereocenters. The summed E-state index contributed by atoms with van der Waals surface area (Å²) < 4.78 is 3.88. The number of benzene rings is 2. The standard InChI is InChI=1S/C22H18N6OS2/c1-15-2-8-18(9-3-15)28-14-23-26-22(28)31-13-20(29)24-17-6-4-16(5-7-17)19-12-27-10-11-30-21(27)25-19/h2-12,14H,13H2,1H3,(H,24,29). The van der Waals surface area contributed by atoms with Crippen molar-refractivity contribution in [2.24, 2.45) is 0 Å². The molecule has 2 aromatic carbocycles. The molecule has 0 radical (unpaired) electrons. The number of hydrogen-bond donors (Lipinski definition) is 1. The molecule has 0 bridgehead atoms. The van der Waals surface area contributed by atoms with Crippen LogP contribution in [0.15, 0.2) is 77.8 Å². The summed E-state index contributed by atoms with van der Waals surface area (Å²) in [5, 5.41) is 13.7. The molecule has 154 valence electrons. The Kier molecular flexibility index (Phi) is 5.27. The van der Waals surface area contributed by atoms with Crippen LogP contribution in [0.1, 0.15) is 5.56 Å². The lowest BCUT2D eigenvalue weighted by Gasteiger charge is -2.08. The van der Waals surface area contributed by atoms with Crippen LogP contribution in [0.25, 0.3) is 21.9 Å². The highest BCUT2D eigenvalue weighted by Crippen LogP contribution is 2.24. The van der Waals surface area contributed by atoms with Crippen molar-refractivity contribution < 1.29 is 4.79 Å². The van der Waals surface area contributed by atoms with Crippen molar-refractivity contribution in [1.82, 2.24) is 24.1 Å². The number of imidazole rings is 1. The van der Waals surface area contributed by atoms with Gasteiger partial charge in [0, 0.05) is 34.7 Å². The van der Waals surface area contributed by atoms with E-state index in [1.807, 2.05) is 82.2 Å².